The van der Waals surface area contributed by atoms with Gasteiger partial charge >= 0.3 is 11.7 Å². The smallest absolute Gasteiger partial charge is 0.388 e. The SMILES string of the molecule is CSCCN(C)c1c(SC(F)(F)F)c(C(N)=S)nn1-c1c(Cl)cc(C(F)(F)F)cc1Cl. The Morgan fingerprint density at radius 2 is 1.74 bits per heavy atom. The van der Waals surface area contributed by atoms with Crippen LogP contribution in [0.15, 0.2) is 17.0 Å². The lowest BCUT2D eigenvalue weighted by atomic mass is 10.2. The fourth-order valence-electron chi connectivity index (χ4n) is 2.52. The van der Waals surface area contributed by atoms with Crippen LogP contribution < -0.4 is 10.6 Å². The molecule has 0 fully saturated rings. The number of benzene rings is 1. The molecule has 0 radical (unpaired) electrons. The first-order valence-corrected chi connectivity index (χ1v) is 11.5. The Kier molecular flexibility index (Phi) is 8.34. The molecule has 0 atom stereocenters. The summed E-state index contributed by atoms with van der Waals surface area (Å²) in [6, 6.07) is 1.24. The van der Waals surface area contributed by atoms with Gasteiger partial charge in [-0.3, -0.25) is 0 Å². The Labute approximate surface area is 197 Å². The van der Waals surface area contributed by atoms with Gasteiger partial charge in [-0.25, -0.2) is 4.68 Å². The maximum absolute atomic E-state index is 13.3. The van der Waals surface area contributed by atoms with Crippen molar-refractivity contribution in [3.63, 3.8) is 0 Å². The first-order valence-electron chi connectivity index (χ1n) is 8.12. The van der Waals surface area contributed by atoms with E-state index in [4.69, 9.17) is 41.2 Å². The fourth-order valence-corrected chi connectivity index (χ4v) is 4.65. The summed E-state index contributed by atoms with van der Waals surface area (Å²) < 4.78 is 80.0. The summed E-state index contributed by atoms with van der Waals surface area (Å²) in [7, 11) is 1.50. The number of aromatic nitrogens is 2. The summed E-state index contributed by atoms with van der Waals surface area (Å²) in [4.78, 5) is 0.615. The van der Waals surface area contributed by atoms with Crippen LogP contribution in [0.1, 0.15) is 11.3 Å². The molecule has 2 aromatic rings. The number of nitrogens with two attached hydrogens (primary N) is 1. The number of rotatable bonds is 7. The molecule has 0 saturated heterocycles. The molecule has 2 N–H and O–H groups in total. The van der Waals surface area contributed by atoms with Crippen molar-refractivity contribution in [2.75, 3.05) is 30.5 Å². The lowest BCUT2D eigenvalue weighted by molar-refractivity contribution is -0.137. The van der Waals surface area contributed by atoms with Crippen LogP contribution in [0.2, 0.25) is 10.0 Å². The van der Waals surface area contributed by atoms with Crippen molar-refractivity contribution in [3.8, 4) is 5.69 Å². The normalized spacial score (nSPS) is 12.3. The molecule has 1 aromatic heterocycles. The lowest BCUT2D eigenvalue weighted by Crippen LogP contribution is -2.24. The van der Waals surface area contributed by atoms with Crippen LogP contribution in [0.4, 0.5) is 32.2 Å². The minimum absolute atomic E-state index is 0.109. The summed E-state index contributed by atoms with van der Waals surface area (Å²) in [5.41, 5.74) is -0.818. The number of nitrogens with zero attached hydrogens (tertiary/aromatic N) is 3. The van der Waals surface area contributed by atoms with Gasteiger partial charge in [0.25, 0.3) is 0 Å². The molecule has 0 saturated carbocycles. The van der Waals surface area contributed by atoms with E-state index in [1.165, 1.54) is 23.7 Å². The monoisotopic (exact) mass is 542 g/mol. The number of hydrogen-bond acceptors (Lipinski definition) is 5. The minimum atomic E-state index is -4.73. The van der Waals surface area contributed by atoms with E-state index in [1.807, 2.05) is 0 Å². The van der Waals surface area contributed by atoms with Crippen molar-refractivity contribution in [1.29, 1.82) is 0 Å². The van der Waals surface area contributed by atoms with E-state index in [9.17, 15) is 26.3 Å². The third kappa shape index (κ3) is 6.28. The number of alkyl halides is 6. The molecule has 4 nitrogen and oxygen atoms in total. The van der Waals surface area contributed by atoms with Gasteiger partial charge in [-0.2, -0.15) is 43.2 Å². The van der Waals surface area contributed by atoms with Crippen LogP contribution >= 0.6 is 58.9 Å². The highest BCUT2D eigenvalue weighted by atomic mass is 35.5. The predicted molar refractivity (Wildman–Crippen MR) is 118 cm³/mol. The molecule has 2 rings (SSSR count). The van der Waals surface area contributed by atoms with Gasteiger partial charge in [0.1, 0.15) is 22.2 Å². The zero-order chi connectivity index (χ0) is 23.7. The van der Waals surface area contributed by atoms with Crippen LogP contribution in [0.25, 0.3) is 5.69 Å². The second-order valence-electron chi connectivity index (χ2n) is 6.03. The molecule has 0 aliphatic heterocycles. The average molecular weight is 543 g/mol. The third-order valence-corrected chi connectivity index (χ3v) is 5.99. The second kappa shape index (κ2) is 9.86. The van der Waals surface area contributed by atoms with E-state index in [-0.39, 0.29) is 23.7 Å². The van der Waals surface area contributed by atoms with Gasteiger partial charge < -0.3 is 10.6 Å². The van der Waals surface area contributed by atoms with E-state index in [0.29, 0.717) is 17.9 Å². The van der Waals surface area contributed by atoms with Gasteiger partial charge in [0.15, 0.2) is 0 Å². The standard InChI is InChI=1S/C16H14Cl2F6N4S3/c1-27(3-4-30-2)14-12(31-16(22,23)24)10(13(25)29)26-28(14)11-8(17)5-7(6-9(11)18)15(19,20)21/h5-6H,3-4H2,1-2H3,(H2,25,29). The lowest BCUT2D eigenvalue weighted by Gasteiger charge is -2.23. The van der Waals surface area contributed by atoms with E-state index in [1.54, 1.807) is 6.26 Å². The summed E-state index contributed by atoms with van der Waals surface area (Å²) >= 11 is 17.9. The number of halogens is 8. The Morgan fingerprint density at radius 1 is 1.19 bits per heavy atom. The summed E-state index contributed by atoms with van der Waals surface area (Å²) in [6.07, 6.45) is -2.92. The molecule has 15 heteroatoms. The van der Waals surface area contributed by atoms with Gasteiger partial charge in [-0.1, -0.05) is 35.4 Å². The van der Waals surface area contributed by atoms with E-state index >= 15 is 0 Å². The average Bonchev–Trinajstić information content (AvgIpc) is 2.95. The quantitative estimate of drug-likeness (QED) is 0.254. The van der Waals surface area contributed by atoms with Crippen LogP contribution in [-0.2, 0) is 6.18 Å². The zero-order valence-corrected chi connectivity index (χ0v) is 19.7. The highest BCUT2D eigenvalue weighted by molar-refractivity contribution is 8.00. The van der Waals surface area contributed by atoms with E-state index in [0.717, 1.165) is 4.68 Å². The van der Waals surface area contributed by atoms with Crippen molar-refractivity contribution < 1.29 is 26.3 Å². The minimum Gasteiger partial charge on any atom is -0.388 e. The molecule has 0 unspecified atom stereocenters. The largest absolute Gasteiger partial charge is 0.446 e. The topological polar surface area (TPSA) is 47.1 Å². The first kappa shape index (κ1) is 26.2. The zero-order valence-electron chi connectivity index (χ0n) is 15.7. The van der Waals surface area contributed by atoms with Gasteiger partial charge in [0.2, 0.25) is 0 Å². The van der Waals surface area contributed by atoms with Gasteiger partial charge in [0, 0.05) is 19.3 Å². The summed E-state index contributed by atoms with van der Waals surface area (Å²) in [6.45, 7) is 0.283. The molecule has 0 amide bonds. The Morgan fingerprint density at radius 3 is 2.16 bits per heavy atom. The number of hydrogen-bond donors (Lipinski definition) is 1. The number of thioether (sulfide) groups is 2. The number of anilines is 1. The predicted octanol–water partition coefficient (Wildman–Crippen LogP) is 6.24. The van der Waals surface area contributed by atoms with Gasteiger partial charge in [-0.05, 0) is 30.2 Å². The molecule has 0 bridgehead atoms. The molecular formula is C16H14Cl2F6N4S3. The van der Waals surface area contributed by atoms with Crippen molar-refractivity contribution in [1.82, 2.24) is 9.78 Å². The Balaban J connectivity index is 2.83. The van der Waals surface area contributed by atoms with E-state index in [2.05, 4.69) is 5.10 Å². The second-order valence-corrected chi connectivity index (χ2v) is 9.34. The third-order valence-electron chi connectivity index (χ3n) is 3.82. The van der Waals surface area contributed by atoms with Crippen LogP contribution in [0.5, 0.6) is 0 Å². The van der Waals surface area contributed by atoms with Crippen LogP contribution in [0.3, 0.4) is 0 Å². The van der Waals surface area contributed by atoms with Crippen molar-refractivity contribution >= 4 is 69.7 Å². The summed E-state index contributed by atoms with van der Waals surface area (Å²) in [5.74, 6) is 0.428. The Hall–Kier alpha value is -1.02. The fraction of sp³-hybridized carbons (Fsp3) is 0.375. The van der Waals surface area contributed by atoms with Crippen LogP contribution in [-0.4, -0.2) is 45.9 Å². The molecule has 31 heavy (non-hydrogen) atoms. The number of thiocarbonyl (C=S) groups is 1. The molecular weight excluding hydrogens is 529 g/mol. The summed E-state index contributed by atoms with van der Waals surface area (Å²) in [5, 5.41) is 3.12. The molecule has 1 aromatic carbocycles. The van der Waals surface area contributed by atoms with E-state index < -0.39 is 48.9 Å². The molecule has 172 valence electrons. The van der Waals surface area contributed by atoms with Crippen molar-refractivity contribution in [3.05, 3.63) is 33.4 Å². The highest BCUT2D eigenvalue weighted by Crippen LogP contribution is 2.46. The Bertz CT molecular complexity index is 954. The molecule has 0 aliphatic rings. The highest BCUT2D eigenvalue weighted by Gasteiger charge is 2.37. The van der Waals surface area contributed by atoms with Crippen LogP contribution in [0, 0.1) is 0 Å². The van der Waals surface area contributed by atoms with Crippen molar-refractivity contribution in [2.45, 2.75) is 16.6 Å². The first-order chi connectivity index (χ1) is 14.2. The maximum atomic E-state index is 13.3. The molecule has 1 heterocycles. The van der Waals surface area contributed by atoms with Crippen molar-refractivity contribution in [2.24, 2.45) is 5.73 Å². The van der Waals surface area contributed by atoms with Gasteiger partial charge in [0.05, 0.1) is 20.5 Å². The van der Waals surface area contributed by atoms with Gasteiger partial charge in [-0.15, -0.1) is 0 Å². The molecule has 0 aliphatic carbocycles. The maximum Gasteiger partial charge on any atom is 0.446 e. The molecule has 0 spiro atoms.